The lowest BCUT2D eigenvalue weighted by Crippen LogP contribution is -2.27. The molecule has 1 saturated carbocycles. The van der Waals surface area contributed by atoms with Crippen LogP contribution in [0.3, 0.4) is 0 Å². The summed E-state index contributed by atoms with van der Waals surface area (Å²) >= 11 is 2.79. The first-order valence-electron chi connectivity index (χ1n) is 10.1. The molecule has 160 valence electrons. The van der Waals surface area contributed by atoms with Crippen LogP contribution in [0, 0.1) is 0 Å². The van der Waals surface area contributed by atoms with Crippen LogP contribution in [0.15, 0.2) is 46.1 Å². The zero-order valence-corrected chi connectivity index (χ0v) is 19.0. The van der Waals surface area contributed by atoms with Gasteiger partial charge in [0.15, 0.2) is 10.3 Å². The number of benzene rings is 1. The van der Waals surface area contributed by atoms with Crippen LogP contribution < -0.4 is 15.4 Å². The van der Waals surface area contributed by atoms with Crippen molar-refractivity contribution >= 4 is 48.6 Å². The Kier molecular flexibility index (Phi) is 6.98. The van der Waals surface area contributed by atoms with E-state index >= 15 is 0 Å². The van der Waals surface area contributed by atoms with Crippen LogP contribution in [0.5, 0.6) is 0 Å². The molecule has 0 saturated heterocycles. The van der Waals surface area contributed by atoms with E-state index in [0.29, 0.717) is 11.2 Å². The van der Waals surface area contributed by atoms with Crippen LogP contribution in [-0.4, -0.2) is 24.4 Å². The first kappa shape index (κ1) is 21.2. The van der Waals surface area contributed by atoms with Gasteiger partial charge < -0.3 is 10.6 Å². The molecule has 0 spiro atoms. The Bertz CT molecular complexity index is 1020. The minimum absolute atomic E-state index is 0.190. The standard InChI is InChI=1S/C20H25N5O2S3/c26-30(27,25-19-21-11-12-28-19)18-9-7-16(8-10-18)23-20-24-17(14-29-20)13-22-15-5-3-1-2-4-6-15/h7-12,14-15,22H,1-6,13H2,(H,21,25)(H,23,24). The molecule has 0 atom stereocenters. The summed E-state index contributed by atoms with van der Waals surface area (Å²) < 4.78 is 27.3. The number of hydrogen-bond donors (Lipinski definition) is 3. The quantitative estimate of drug-likeness (QED) is 0.409. The number of nitrogens with zero attached hydrogens (tertiary/aromatic N) is 2. The number of thiazole rings is 2. The van der Waals surface area contributed by atoms with E-state index in [2.05, 4.69) is 30.7 Å². The van der Waals surface area contributed by atoms with Crippen LogP contribution in [0.25, 0.3) is 0 Å². The van der Waals surface area contributed by atoms with Crippen LogP contribution >= 0.6 is 22.7 Å². The lowest BCUT2D eigenvalue weighted by molar-refractivity contribution is 0.457. The molecule has 1 fully saturated rings. The van der Waals surface area contributed by atoms with Crippen molar-refractivity contribution in [2.24, 2.45) is 0 Å². The molecular formula is C20H25N5O2S3. The molecule has 30 heavy (non-hydrogen) atoms. The molecule has 0 amide bonds. The van der Waals surface area contributed by atoms with Crippen LogP contribution in [0.1, 0.15) is 44.2 Å². The van der Waals surface area contributed by atoms with E-state index in [-0.39, 0.29) is 4.90 Å². The minimum Gasteiger partial charge on any atom is -0.332 e. The van der Waals surface area contributed by atoms with E-state index in [0.717, 1.165) is 23.1 Å². The molecule has 0 aliphatic heterocycles. The number of nitrogens with one attached hydrogen (secondary N) is 3. The molecule has 2 aromatic heterocycles. The van der Waals surface area contributed by atoms with E-state index in [1.165, 1.54) is 49.9 Å². The maximum absolute atomic E-state index is 12.4. The second kappa shape index (κ2) is 9.86. The molecule has 1 aromatic carbocycles. The third-order valence-electron chi connectivity index (χ3n) is 5.05. The summed E-state index contributed by atoms with van der Waals surface area (Å²) in [7, 11) is -3.64. The molecule has 3 N–H and O–H groups in total. The van der Waals surface area contributed by atoms with Crippen molar-refractivity contribution < 1.29 is 8.42 Å². The predicted molar refractivity (Wildman–Crippen MR) is 123 cm³/mol. The Morgan fingerprint density at radius 2 is 1.77 bits per heavy atom. The van der Waals surface area contributed by atoms with Crippen molar-refractivity contribution in [3.05, 3.63) is 46.9 Å². The molecule has 4 rings (SSSR count). The molecule has 2 heterocycles. The summed E-state index contributed by atoms with van der Waals surface area (Å²) in [5.74, 6) is 0. The van der Waals surface area contributed by atoms with E-state index in [1.54, 1.807) is 47.2 Å². The number of rotatable bonds is 8. The van der Waals surface area contributed by atoms with Gasteiger partial charge in [-0.05, 0) is 37.1 Å². The number of hydrogen-bond acceptors (Lipinski definition) is 8. The van der Waals surface area contributed by atoms with Gasteiger partial charge in [-0.1, -0.05) is 25.7 Å². The van der Waals surface area contributed by atoms with Crippen molar-refractivity contribution in [2.45, 2.75) is 56.0 Å². The van der Waals surface area contributed by atoms with Gasteiger partial charge in [0.1, 0.15) is 0 Å². The molecule has 0 radical (unpaired) electrons. The van der Waals surface area contributed by atoms with Gasteiger partial charge in [-0.25, -0.2) is 18.4 Å². The Hall–Kier alpha value is -2.01. The summed E-state index contributed by atoms with van der Waals surface area (Å²) in [5.41, 5.74) is 1.82. The largest absolute Gasteiger partial charge is 0.332 e. The number of sulfonamides is 1. The second-order valence-corrected chi connectivity index (χ2v) is 10.7. The lowest BCUT2D eigenvalue weighted by Gasteiger charge is -2.14. The van der Waals surface area contributed by atoms with Crippen LogP contribution in [-0.2, 0) is 16.6 Å². The van der Waals surface area contributed by atoms with Gasteiger partial charge in [-0.15, -0.1) is 22.7 Å². The molecule has 10 heteroatoms. The van der Waals surface area contributed by atoms with Crippen molar-refractivity contribution in [3.8, 4) is 0 Å². The predicted octanol–water partition coefficient (Wildman–Crippen LogP) is 4.96. The summed E-state index contributed by atoms with van der Waals surface area (Å²) in [6.07, 6.45) is 9.39. The highest BCUT2D eigenvalue weighted by atomic mass is 32.2. The highest BCUT2D eigenvalue weighted by Crippen LogP contribution is 2.24. The second-order valence-electron chi connectivity index (χ2n) is 7.31. The van der Waals surface area contributed by atoms with Gasteiger partial charge >= 0.3 is 0 Å². The fraction of sp³-hybridized carbons (Fsp3) is 0.400. The van der Waals surface area contributed by atoms with Gasteiger partial charge in [-0.2, -0.15) is 0 Å². The SMILES string of the molecule is O=S(=O)(Nc1nccs1)c1ccc(Nc2nc(CNC3CCCCCC3)cs2)cc1. The van der Waals surface area contributed by atoms with E-state index in [1.807, 2.05) is 0 Å². The van der Waals surface area contributed by atoms with E-state index in [4.69, 9.17) is 0 Å². The molecule has 1 aliphatic rings. The molecular weight excluding hydrogens is 438 g/mol. The fourth-order valence-corrected chi connectivity index (χ4v) is 5.99. The molecule has 3 aromatic rings. The zero-order valence-electron chi connectivity index (χ0n) is 16.5. The van der Waals surface area contributed by atoms with Crippen molar-refractivity contribution in [1.82, 2.24) is 15.3 Å². The minimum atomic E-state index is -3.64. The van der Waals surface area contributed by atoms with Gasteiger partial charge in [-0.3, -0.25) is 4.72 Å². The van der Waals surface area contributed by atoms with Crippen molar-refractivity contribution in [3.63, 3.8) is 0 Å². The van der Waals surface area contributed by atoms with Gasteiger partial charge in [0, 0.05) is 35.2 Å². The lowest BCUT2D eigenvalue weighted by atomic mass is 10.1. The molecule has 0 unspecified atom stereocenters. The smallest absolute Gasteiger partial charge is 0.263 e. The topological polar surface area (TPSA) is 96.0 Å². The maximum Gasteiger partial charge on any atom is 0.263 e. The average Bonchev–Trinajstić information content (AvgIpc) is 3.33. The molecule has 0 bridgehead atoms. The van der Waals surface area contributed by atoms with Gasteiger partial charge in [0.25, 0.3) is 10.0 Å². The average molecular weight is 464 g/mol. The summed E-state index contributed by atoms with van der Waals surface area (Å²) in [6, 6.07) is 7.21. The van der Waals surface area contributed by atoms with Crippen molar-refractivity contribution in [1.29, 1.82) is 0 Å². The Balaban J connectivity index is 1.32. The van der Waals surface area contributed by atoms with Crippen molar-refractivity contribution in [2.75, 3.05) is 10.0 Å². The monoisotopic (exact) mass is 463 g/mol. The van der Waals surface area contributed by atoms with Gasteiger partial charge in [0.05, 0.1) is 10.6 Å². The normalized spacial score (nSPS) is 15.6. The first-order chi connectivity index (χ1) is 14.6. The van der Waals surface area contributed by atoms with Gasteiger partial charge in [0.2, 0.25) is 0 Å². The van der Waals surface area contributed by atoms with Crippen LogP contribution in [0.2, 0.25) is 0 Å². The third kappa shape index (κ3) is 5.78. The highest BCUT2D eigenvalue weighted by Gasteiger charge is 2.16. The Morgan fingerprint density at radius 1 is 1.00 bits per heavy atom. The summed E-state index contributed by atoms with van der Waals surface area (Å²) in [5, 5.41) is 11.8. The third-order valence-corrected chi connectivity index (χ3v) is 8.03. The Labute approximate surface area is 185 Å². The molecule has 1 aliphatic carbocycles. The fourth-order valence-electron chi connectivity index (χ4n) is 3.47. The summed E-state index contributed by atoms with van der Waals surface area (Å²) in [4.78, 5) is 8.79. The number of anilines is 3. The Morgan fingerprint density at radius 3 is 2.47 bits per heavy atom. The summed E-state index contributed by atoms with van der Waals surface area (Å²) in [6.45, 7) is 0.780. The maximum atomic E-state index is 12.4. The number of aromatic nitrogens is 2. The van der Waals surface area contributed by atoms with E-state index in [9.17, 15) is 8.42 Å². The highest BCUT2D eigenvalue weighted by molar-refractivity contribution is 7.93. The first-order valence-corrected chi connectivity index (χ1v) is 13.3. The zero-order chi connectivity index (χ0) is 20.8. The van der Waals surface area contributed by atoms with Crippen LogP contribution in [0.4, 0.5) is 16.0 Å². The molecule has 7 nitrogen and oxygen atoms in total. The van der Waals surface area contributed by atoms with E-state index < -0.39 is 10.0 Å².